The molecular weight excluding hydrogens is 301 g/mol. The third kappa shape index (κ3) is 2.66. The molecule has 0 amide bonds. The number of rotatable bonds is 2. The van der Waals surface area contributed by atoms with Crippen LogP contribution < -0.4 is 0 Å². The summed E-state index contributed by atoms with van der Waals surface area (Å²) < 4.78 is 37.3. The SMILES string of the molecule is Cc1[nH]c2ccccc2c1C=Nc1nnc(C(F)(F)F)s1. The molecule has 0 unspecified atom stereocenters. The largest absolute Gasteiger partial charge is 0.445 e. The van der Waals surface area contributed by atoms with Gasteiger partial charge < -0.3 is 4.98 Å². The fourth-order valence-corrected chi connectivity index (χ4v) is 2.52. The standard InChI is InChI=1S/C13H9F3N4S/c1-7-9(8-4-2-3-5-10(8)18-7)6-17-12-20-19-11(21-12)13(14,15)16/h2-6,18H,1H3. The summed E-state index contributed by atoms with van der Waals surface area (Å²) in [5.74, 6) is 0. The number of aromatic amines is 1. The van der Waals surface area contributed by atoms with E-state index in [0.717, 1.165) is 22.2 Å². The van der Waals surface area contributed by atoms with Gasteiger partial charge in [0.05, 0.1) is 0 Å². The Kier molecular flexibility index (Phi) is 3.25. The van der Waals surface area contributed by atoms with Gasteiger partial charge in [0.2, 0.25) is 10.1 Å². The van der Waals surface area contributed by atoms with Gasteiger partial charge in [-0.1, -0.05) is 29.5 Å². The van der Waals surface area contributed by atoms with Crippen molar-refractivity contribution >= 4 is 33.6 Å². The van der Waals surface area contributed by atoms with Crippen LogP contribution in [-0.2, 0) is 6.18 Å². The minimum atomic E-state index is -4.48. The van der Waals surface area contributed by atoms with Crippen LogP contribution in [0.15, 0.2) is 29.3 Å². The summed E-state index contributed by atoms with van der Waals surface area (Å²) in [5.41, 5.74) is 2.67. The maximum atomic E-state index is 12.4. The lowest BCUT2D eigenvalue weighted by atomic mass is 10.1. The number of aromatic nitrogens is 3. The number of aliphatic imine (C=N–C) groups is 1. The highest BCUT2D eigenvalue weighted by Gasteiger charge is 2.35. The fourth-order valence-electron chi connectivity index (χ4n) is 1.97. The molecule has 8 heteroatoms. The van der Waals surface area contributed by atoms with Gasteiger partial charge in [0.1, 0.15) is 0 Å². The van der Waals surface area contributed by atoms with E-state index in [1.54, 1.807) is 0 Å². The first kappa shape index (κ1) is 13.7. The molecule has 2 heterocycles. The summed E-state index contributed by atoms with van der Waals surface area (Å²) in [5, 5.41) is 6.47. The minimum absolute atomic E-state index is 0.0213. The maximum absolute atomic E-state index is 12.4. The van der Waals surface area contributed by atoms with Gasteiger partial charge in [-0.25, -0.2) is 4.99 Å². The Labute approximate surface area is 121 Å². The Balaban J connectivity index is 1.95. The second-order valence-electron chi connectivity index (χ2n) is 4.36. The molecule has 0 spiro atoms. The molecule has 3 aromatic rings. The smallest absolute Gasteiger partial charge is 0.358 e. The molecule has 108 valence electrons. The van der Waals surface area contributed by atoms with E-state index in [4.69, 9.17) is 0 Å². The Morgan fingerprint density at radius 3 is 2.71 bits per heavy atom. The number of alkyl halides is 3. The van der Waals surface area contributed by atoms with Crippen LogP contribution in [0, 0.1) is 6.92 Å². The second-order valence-corrected chi connectivity index (χ2v) is 5.31. The van der Waals surface area contributed by atoms with Gasteiger partial charge in [0.25, 0.3) is 0 Å². The zero-order chi connectivity index (χ0) is 15.0. The number of para-hydroxylation sites is 1. The van der Waals surface area contributed by atoms with Gasteiger partial charge in [-0.2, -0.15) is 13.2 Å². The van der Waals surface area contributed by atoms with Crippen LogP contribution in [0.3, 0.4) is 0 Å². The average molecular weight is 310 g/mol. The number of halogens is 3. The van der Waals surface area contributed by atoms with E-state index < -0.39 is 11.2 Å². The summed E-state index contributed by atoms with van der Waals surface area (Å²) in [6.07, 6.45) is -2.98. The molecule has 0 aliphatic heterocycles. The first-order chi connectivity index (χ1) is 9.95. The monoisotopic (exact) mass is 310 g/mol. The molecule has 0 saturated heterocycles. The highest BCUT2D eigenvalue weighted by Crippen LogP contribution is 2.34. The van der Waals surface area contributed by atoms with Crippen molar-refractivity contribution in [3.63, 3.8) is 0 Å². The summed E-state index contributed by atoms with van der Waals surface area (Å²) >= 11 is 0.418. The fraction of sp³-hybridized carbons (Fsp3) is 0.154. The van der Waals surface area contributed by atoms with Crippen LogP contribution in [0.2, 0.25) is 0 Å². The maximum Gasteiger partial charge on any atom is 0.445 e. The molecule has 0 aliphatic carbocycles. The molecule has 0 radical (unpaired) electrons. The highest BCUT2D eigenvalue weighted by molar-refractivity contribution is 7.15. The van der Waals surface area contributed by atoms with Crippen molar-refractivity contribution in [3.05, 3.63) is 40.5 Å². The van der Waals surface area contributed by atoms with Crippen LogP contribution in [0.5, 0.6) is 0 Å². The van der Waals surface area contributed by atoms with Crippen LogP contribution in [0.1, 0.15) is 16.3 Å². The van der Waals surface area contributed by atoms with Crippen molar-refractivity contribution in [1.29, 1.82) is 0 Å². The predicted octanol–water partition coefficient (Wildman–Crippen LogP) is 4.10. The second kappa shape index (κ2) is 4.96. The molecule has 0 fully saturated rings. The van der Waals surface area contributed by atoms with Gasteiger partial charge in [-0.15, -0.1) is 10.2 Å². The van der Waals surface area contributed by atoms with Gasteiger partial charge in [-0.05, 0) is 13.0 Å². The van der Waals surface area contributed by atoms with Crippen molar-refractivity contribution < 1.29 is 13.2 Å². The Hall–Kier alpha value is -2.22. The van der Waals surface area contributed by atoms with E-state index in [0.29, 0.717) is 11.3 Å². The zero-order valence-corrected chi connectivity index (χ0v) is 11.6. The van der Waals surface area contributed by atoms with Crippen molar-refractivity contribution in [2.75, 3.05) is 0 Å². The molecule has 0 aliphatic rings. The van der Waals surface area contributed by atoms with Crippen LogP contribution in [0.25, 0.3) is 10.9 Å². The van der Waals surface area contributed by atoms with Crippen LogP contribution >= 0.6 is 11.3 Å². The molecule has 3 rings (SSSR count). The number of H-pyrrole nitrogens is 1. The number of aryl methyl sites for hydroxylation is 1. The summed E-state index contributed by atoms with van der Waals surface area (Å²) in [4.78, 5) is 7.18. The third-order valence-electron chi connectivity index (χ3n) is 2.90. The first-order valence-electron chi connectivity index (χ1n) is 5.97. The van der Waals surface area contributed by atoms with Crippen molar-refractivity contribution in [3.8, 4) is 0 Å². The molecule has 1 N–H and O–H groups in total. The van der Waals surface area contributed by atoms with E-state index in [1.807, 2.05) is 31.2 Å². The van der Waals surface area contributed by atoms with Gasteiger partial charge >= 0.3 is 6.18 Å². The quantitative estimate of drug-likeness (QED) is 0.725. The lowest BCUT2D eigenvalue weighted by Gasteiger charge is -1.96. The van der Waals surface area contributed by atoms with E-state index in [1.165, 1.54) is 6.21 Å². The number of benzene rings is 1. The van der Waals surface area contributed by atoms with Crippen molar-refractivity contribution in [2.24, 2.45) is 4.99 Å². The molecule has 21 heavy (non-hydrogen) atoms. The van der Waals surface area contributed by atoms with Crippen molar-refractivity contribution in [1.82, 2.24) is 15.2 Å². The first-order valence-corrected chi connectivity index (χ1v) is 6.79. The summed E-state index contributed by atoms with van der Waals surface area (Å²) in [6.45, 7) is 1.88. The number of hydrogen-bond donors (Lipinski definition) is 1. The normalized spacial score (nSPS) is 12.6. The lowest BCUT2D eigenvalue weighted by Crippen LogP contribution is -2.03. The molecule has 4 nitrogen and oxygen atoms in total. The number of nitrogens with one attached hydrogen (secondary N) is 1. The van der Waals surface area contributed by atoms with E-state index in [2.05, 4.69) is 20.2 Å². The molecular formula is C13H9F3N4S. The van der Waals surface area contributed by atoms with Crippen LogP contribution in [0.4, 0.5) is 18.3 Å². The predicted molar refractivity (Wildman–Crippen MR) is 75.2 cm³/mol. The molecule has 0 atom stereocenters. The van der Waals surface area contributed by atoms with E-state index >= 15 is 0 Å². The van der Waals surface area contributed by atoms with E-state index in [9.17, 15) is 13.2 Å². The molecule has 0 saturated carbocycles. The molecule has 1 aromatic carbocycles. The lowest BCUT2D eigenvalue weighted by molar-refractivity contribution is -0.138. The third-order valence-corrected chi connectivity index (χ3v) is 3.78. The molecule has 0 bridgehead atoms. The Bertz CT molecular complexity index is 816. The van der Waals surface area contributed by atoms with Gasteiger partial charge in [-0.3, -0.25) is 0 Å². The Morgan fingerprint density at radius 2 is 2.00 bits per heavy atom. The van der Waals surface area contributed by atoms with Gasteiger partial charge in [0.15, 0.2) is 0 Å². The number of hydrogen-bond acceptors (Lipinski definition) is 4. The van der Waals surface area contributed by atoms with Crippen LogP contribution in [-0.4, -0.2) is 21.4 Å². The number of nitrogens with zero attached hydrogens (tertiary/aromatic N) is 3. The molecule has 2 aromatic heterocycles. The average Bonchev–Trinajstić information content (AvgIpc) is 3.00. The zero-order valence-electron chi connectivity index (χ0n) is 10.8. The van der Waals surface area contributed by atoms with Gasteiger partial charge in [0, 0.05) is 28.4 Å². The topological polar surface area (TPSA) is 53.9 Å². The minimum Gasteiger partial charge on any atom is -0.358 e. The highest BCUT2D eigenvalue weighted by atomic mass is 32.1. The van der Waals surface area contributed by atoms with E-state index in [-0.39, 0.29) is 5.13 Å². The number of fused-ring (bicyclic) bond motifs is 1. The Morgan fingerprint density at radius 1 is 1.24 bits per heavy atom. The van der Waals surface area contributed by atoms with Crippen molar-refractivity contribution in [2.45, 2.75) is 13.1 Å². The summed E-state index contributed by atoms with van der Waals surface area (Å²) in [7, 11) is 0. The summed E-state index contributed by atoms with van der Waals surface area (Å²) in [6, 6.07) is 7.63.